The van der Waals surface area contributed by atoms with Crippen molar-refractivity contribution in [2.75, 3.05) is 37.8 Å². The van der Waals surface area contributed by atoms with E-state index in [1.165, 1.54) is 5.69 Å². The van der Waals surface area contributed by atoms with Crippen LogP contribution in [0.5, 0.6) is 0 Å². The molecule has 0 atom stereocenters. The fourth-order valence-electron chi connectivity index (χ4n) is 4.49. The van der Waals surface area contributed by atoms with Gasteiger partial charge in [0.05, 0.1) is 13.2 Å². The van der Waals surface area contributed by atoms with Gasteiger partial charge in [0.2, 0.25) is 0 Å². The molecule has 1 saturated heterocycles. The Morgan fingerprint density at radius 2 is 1.76 bits per heavy atom. The van der Waals surface area contributed by atoms with Crippen LogP contribution in [0, 0.1) is 0 Å². The van der Waals surface area contributed by atoms with Crippen molar-refractivity contribution in [3.8, 4) is 11.1 Å². The molecular formula is C29H34N4O3Si. The lowest BCUT2D eigenvalue weighted by atomic mass is 10.0. The normalized spacial score (nSPS) is 14.3. The van der Waals surface area contributed by atoms with Gasteiger partial charge < -0.3 is 18.9 Å². The fourth-order valence-corrected chi connectivity index (χ4v) is 5.25. The summed E-state index contributed by atoms with van der Waals surface area (Å²) in [4.78, 5) is 24.7. The Kier molecular flexibility index (Phi) is 7.50. The van der Waals surface area contributed by atoms with Crippen LogP contribution in [0.15, 0.2) is 67.3 Å². The zero-order valence-electron chi connectivity index (χ0n) is 21.8. The van der Waals surface area contributed by atoms with E-state index in [9.17, 15) is 4.79 Å². The molecule has 7 nitrogen and oxygen atoms in total. The van der Waals surface area contributed by atoms with Crippen LogP contribution < -0.4 is 4.90 Å². The quantitative estimate of drug-likeness (QED) is 0.167. The average molecular weight is 515 g/mol. The number of rotatable bonds is 9. The summed E-state index contributed by atoms with van der Waals surface area (Å²) in [5.74, 6) is -0.0464. The first-order valence-corrected chi connectivity index (χ1v) is 16.5. The first-order valence-electron chi connectivity index (χ1n) is 12.8. The van der Waals surface area contributed by atoms with Crippen molar-refractivity contribution in [2.45, 2.75) is 32.4 Å². The molecule has 0 radical (unpaired) electrons. The highest BCUT2D eigenvalue weighted by Gasteiger charge is 2.19. The number of fused-ring (bicyclic) bond motifs is 1. The van der Waals surface area contributed by atoms with E-state index >= 15 is 0 Å². The molecule has 4 heterocycles. The van der Waals surface area contributed by atoms with Gasteiger partial charge in [-0.15, -0.1) is 0 Å². The second-order valence-corrected chi connectivity index (χ2v) is 16.3. The predicted octanol–water partition coefficient (Wildman–Crippen LogP) is 5.48. The minimum absolute atomic E-state index is 0.0464. The molecule has 0 unspecified atom stereocenters. The van der Waals surface area contributed by atoms with E-state index in [2.05, 4.69) is 59.9 Å². The lowest BCUT2D eigenvalue weighted by molar-refractivity contribution is 0.0896. The third-order valence-corrected chi connectivity index (χ3v) is 8.41. The van der Waals surface area contributed by atoms with Crippen LogP contribution in [0.3, 0.4) is 0 Å². The molecule has 1 aliphatic rings. The van der Waals surface area contributed by atoms with Gasteiger partial charge >= 0.3 is 0 Å². The molecule has 1 fully saturated rings. The summed E-state index contributed by atoms with van der Waals surface area (Å²) in [5.41, 5.74) is 5.20. The maximum Gasteiger partial charge on any atom is 0.195 e. The summed E-state index contributed by atoms with van der Waals surface area (Å²) in [5, 5.41) is 0.824. The smallest absolute Gasteiger partial charge is 0.195 e. The number of carbonyl (C=O) groups excluding carboxylic acids is 1. The van der Waals surface area contributed by atoms with E-state index in [-0.39, 0.29) is 5.78 Å². The summed E-state index contributed by atoms with van der Waals surface area (Å²) < 4.78 is 13.4. The summed E-state index contributed by atoms with van der Waals surface area (Å²) in [6.45, 7) is 11.4. The Labute approximate surface area is 219 Å². The number of ether oxygens (including phenoxy) is 2. The molecule has 0 bridgehead atoms. The lowest BCUT2D eigenvalue weighted by Gasteiger charge is -2.28. The number of nitrogens with zero attached hydrogens (tertiary/aromatic N) is 4. The maximum atomic E-state index is 13.5. The highest BCUT2D eigenvalue weighted by Crippen LogP contribution is 2.29. The van der Waals surface area contributed by atoms with Crippen LogP contribution in [-0.4, -0.2) is 61.3 Å². The number of hydrogen-bond donors (Lipinski definition) is 0. The molecule has 37 heavy (non-hydrogen) atoms. The van der Waals surface area contributed by atoms with Gasteiger partial charge in [0.15, 0.2) is 5.78 Å². The molecule has 0 amide bonds. The Bertz CT molecular complexity index is 1360. The van der Waals surface area contributed by atoms with Crippen LogP contribution in [0.1, 0.15) is 15.9 Å². The SMILES string of the molecule is C[Si](C)(C)CCOCn1cc(C(=O)c2ccncc2)c2cc(-c3ccc(N4CCOCC4)cc3)cnc21. The van der Waals surface area contributed by atoms with Crippen molar-refractivity contribution in [1.29, 1.82) is 0 Å². The Balaban J connectivity index is 1.46. The minimum atomic E-state index is -1.19. The van der Waals surface area contributed by atoms with E-state index in [1.807, 2.05) is 17.0 Å². The Morgan fingerprint density at radius 1 is 1.03 bits per heavy atom. The van der Waals surface area contributed by atoms with Gasteiger partial charge in [-0.2, -0.15) is 0 Å². The first kappa shape index (κ1) is 25.3. The molecule has 1 aliphatic heterocycles. The Morgan fingerprint density at radius 3 is 2.46 bits per heavy atom. The Hall–Kier alpha value is -3.33. The monoisotopic (exact) mass is 514 g/mol. The number of pyridine rings is 2. The molecule has 1 aromatic carbocycles. The molecule has 192 valence electrons. The summed E-state index contributed by atoms with van der Waals surface area (Å²) in [7, 11) is -1.19. The summed E-state index contributed by atoms with van der Waals surface area (Å²) in [6, 6.07) is 15.2. The van der Waals surface area contributed by atoms with Crippen LogP contribution in [0.4, 0.5) is 5.69 Å². The summed E-state index contributed by atoms with van der Waals surface area (Å²) >= 11 is 0. The summed E-state index contributed by atoms with van der Waals surface area (Å²) in [6.07, 6.45) is 7.04. The van der Waals surface area contributed by atoms with Crippen molar-refractivity contribution in [3.63, 3.8) is 0 Å². The number of carbonyl (C=O) groups is 1. The number of benzene rings is 1. The molecule has 0 N–H and O–H groups in total. The molecule has 4 aromatic rings. The van der Waals surface area contributed by atoms with Crippen LogP contribution in [-0.2, 0) is 16.2 Å². The minimum Gasteiger partial charge on any atom is -0.378 e. The van der Waals surface area contributed by atoms with Gasteiger partial charge in [-0.1, -0.05) is 31.8 Å². The number of ketones is 1. The largest absolute Gasteiger partial charge is 0.378 e. The van der Waals surface area contributed by atoms with Crippen LogP contribution in [0.2, 0.25) is 25.7 Å². The maximum absolute atomic E-state index is 13.5. The van der Waals surface area contributed by atoms with E-state index in [1.54, 1.807) is 24.5 Å². The molecule has 8 heteroatoms. The predicted molar refractivity (Wildman–Crippen MR) is 150 cm³/mol. The van der Waals surface area contributed by atoms with Crippen molar-refractivity contribution in [1.82, 2.24) is 14.5 Å². The van der Waals surface area contributed by atoms with Crippen molar-refractivity contribution < 1.29 is 14.3 Å². The molecule has 0 saturated carbocycles. The highest BCUT2D eigenvalue weighted by atomic mass is 28.3. The first-order chi connectivity index (χ1) is 17.9. The molecule has 3 aromatic heterocycles. The van der Waals surface area contributed by atoms with Crippen molar-refractivity contribution in [3.05, 3.63) is 78.4 Å². The van der Waals surface area contributed by atoms with Gasteiger partial charge in [-0.05, 0) is 41.9 Å². The van der Waals surface area contributed by atoms with Gasteiger partial charge in [0.1, 0.15) is 12.4 Å². The zero-order valence-corrected chi connectivity index (χ0v) is 22.8. The third-order valence-electron chi connectivity index (χ3n) is 6.70. The van der Waals surface area contributed by atoms with Crippen molar-refractivity contribution in [2.24, 2.45) is 0 Å². The zero-order chi connectivity index (χ0) is 25.8. The highest BCUT2D eigenvalue weighted by molar-refractivity contribution is 6.76. The number of anilines is 1. The number of morpholine rings is 1. The van der Waals surface area contributed by atoms with Gasteiger partial charge in [0.25, 0.3) is 0 Å². The van der Waals surface area contributed by atoms with Gasteiger partial charge in [-0.3, -0.25) is 9.78 Å². The number of aromatic nitrogens is 3. The second kappa shape index (κ2) is 11.0. The standard InChI is InChI=1S/C29H34N4O3Si/c1-37(2,3)17-16-36-21-33-20-27(28(34)23-8-10-30-11-9-23)26-18-24(19-31-29(26)33)22-4-6-25(7-5-22)32-12-14-35-15-13-32/h4-11,18-20H,12-17,21H2,1-3H3. The fraction of sp³-hybridized carbons (Fsp3) is 0.345. The average Bonchev–Trinajstić information content (AvgIpc) is 3.29. The topological polar surface area (TPSA) is 69.5 Å². The molecule has 0 aliphatic carbocycles. The second-order valence-electron chi connectivity index (χ2n) is 10.7. The lowest BCUT2D eigenvalue weighted by Crippen LogP contribution is -2.36. The third kappa shape index (κ3) is 5.98. The van der Waals surface area contributed by atoms with Gasteiger partial charge in [-0.25, -0.2) is 4.98 Å². The molecular weight excluding hydrogens is 480 g/mol. The molecule has 0 spiro atoms. The van der Waals surface area contributed by atoms with Crippen LogP contribution >= 0.6 is 0 Å². The van der Waals surface area contributed by atoms with E-state index in [4.69, 9.17) is 14.5 Å². The van der Waals surface area contributed by atoms with Gasteiger partial charge in [0, 0.05) is 80.3 Å². The van der Waals surface area contributed by atoms with E-state index in [0.29, 0.717) is 24.5 Å². The molecule has 5 rings (SSSR count). The number of hydrogen-bond acceptors (Lipinski definition) is 6. The van der Waals surface area contributed by atoms with Crippen molar-refractivity contribution >= 4 is 30.6 Å². The van der Waals surface area contributed by atoms with E-state index in [0.717, 1.165) is 54.5 Å². The van der Waals surface area contributed by atoms with E-state index < -0.39 is 8.07 Å². The van der Waals surface area contributed by atoms with Crippen LogP contribution in [0.25, 0.3) is 22.2 Å².